The molecule has 1 aromatic heterocycles. The first kappa shape index (κ1) is 16.7. The van der Waals surface area contributed by atoms with Crippen LogP contribution < -0.4 is 9.80 Å². The van der Waals surface area contributed by atoms with Gasteiger partial charge in [-0.1, -0.05) is 25.1 Å². The van der Waals surface area contributed by atoms with Gasteiger partial charge in [-0.2, -0.15) is 0 Å². The lowest BCUT2D eigenvalue weighted by Crippen LogP contribution is -2.46. The fraction of sp³-hybridized carbons (Fsp3) is 0.444. The summed E-state index contributed by atoms with van der Waals surface area (Å²) in [7, 11) is 0. The van der Waals surface area contributed by atoms with E-state index < -0.39 is 0 Å². The molecule has 0 atom stereocenters. The van der Waals surface area contributed by atoms with Crippen LogP contribution in [-0.2, 0) is 6.42 Å². The highest BCUT2D eigenvalue weighted by Gasteiger charge is 2.34. The van der Waals surface area contributed by atoms with Crippen LogP contribution in [0.15, 0.2) is 30.6 Å². The Bertz CT molecular complexity index is 819. The molecule has 2 aromatic rings. The molecule has 0 bridgehead atoms. The van der Waals surface area contributed by atoms with Crippen LogP contribution in [0.5, 0.6) is 0 Å². The predicted molar refractivity (Wildman–Crippen MR) is 100 cm³/mol. The lowest BCUT2D eigenvalue weighted by molar-refractivity contribution is -0.383. The van der Waals surface area contributed by atoms with E-state index in [4.69, 9.17) is 0 Å². The van der Waals surface area contributed by atoms with Gasteiger partial charge >= 0.3 is 5.69 Å². The number of nitrogens with zero attached hydrogens (tertiary/aromatic N) is 6. The third-order valence-electron chi connectivity index (χ3n) is 5.23. The Morgan fingerprint density at radius 1 is 1.08 bits per heavy atom. The molecule has 1 fully saturated rings. The lowest BCUT2D eigenvalue weighted by Gasteiger charge is -2.34. The molecule has 2 aliphatic rings. The summed E-state index contributed by atoms with van der Waals surface area (Å²) in [5.41, 5.74) is 2.20. The molecule has 4 rings (SSSR count). The summed E-state index contributed by atoms with van der Waals surface area (Å²) in [6.45, 7) is 7.07. The van der Waals surface area contributed by atoms with Gasteiger partial charge < -0.3 is 14.7 Å². The highest BCUT2D eigenvalue weighted by atomic mass is 16.6. The first-order valence-electron chi connectivity index (χ1n) is 9.01. The SMILES string of the molecule is CCN1CCN(c2ncnc(N3CCc4ccccc43)c2[N+](=O)[O-])CC1. The summed E-state index contributed by atoms with van der Waals surface area (Å²) in [6, 6.07) is 8.01. The van der Waals surface area contributed by atoms with Crippen LogP contribution in [0.25, 0.3) is 0 Å². The fourth-order valence-electron chi connectivity index (χ4n) is 3.79. The summed E-state index contributed by atoms with van der Waals surface area (Å²) in [6.07, 6.45) is 2.31. The third-order valence-corrected chi connectivity index (χ3v) is 5.23. The molecule has 0 N–H and O–H groups in total. The molecule has 0 amide bonds. The molecule has 0 radical (unpaired) electrons. The van der Waals surface area contributed by atoms with Gasteiger partial charge in [0.15, 0.2) is 0 Å². The number of fused-ring (bicyclic) bond motifs is 1. The number of likely N-dealkylation sites (N-methyl/N-ethyl adjacent to an activating group) is 1. The number of aromatic nitrogens is 2. The van der Waals surface area contributed by atoms with Crippen molar-refractivity contribution in [1.82, 2.24) is 14.9 Å². The highest BCUT2D eigenvalue weighted by Crippen LogP contribution is 2.41. The van der Waals surface area contributed by atoms with Gasteiger partial charge in [0.05, 0.1) is 4.92 Å². The number of hydrogen-bond acceptors (Lipinski definition) is 7. The number of benzene rings is 1. The molecule has 0 aliphatic carbocycles. The van der Waals surface area contributed by atoms with Crippen LogP contribution in [-0.4, -0.2) is 59.1 Å². The number of rotatable bonds is 4. The monoisotopic (exact) mass is 354 g/mol. The molecule has 2 aliphatic heterocycles. The van der Waals surface area contributed by atoms with Crippen molar-refractivity contribution in [3.05, 3.63) is 46.3 Å². The minimum Gasteiger partial charge on any atom is -0.348 e. The molecule has 0 spiro atoms. The molecule has 136 valence electrons. The molecule has 8 heteroatoms. The number of para-hydroxylation sites is 1. The van der Waals surface area contributed by atoms with Crippen molar-refractivity contribution in [2.45, 2.75) is 13.3 Å². The maximum Gasteiger partial charge on any atom is 0.353 e. The van der Waals surface area contributed by atoms with E-state index in [-0.39, 0.29) is 10.6 Å². The van der Waals surface area contributed by atoms with Crippen LogP contribution in [0, 0.1) is 10.1 Å². The zero-order chi connectivity index (χ0) is 18.1. The second-order valence-electron chi connectivity index (χ2n) is 6.58. The minimum absolute atomic E-state index is 0.00847. The van der Waals surface area contributed by atoms with Crippen LogP contribution in [0.1, 0.15) is 12.5 Å². The van der Waals surface area contributed by atoms with Crippen molar-refractivity contribution < 1.29 is 4.92 Å². The van der Waals surface area contributed by atoms with Crippen LogP contribution in [0.4, 0.5) is 23.0 Å². The number of anilines is 3. The number of hydrogen-bond donors (Lipinski definition) is 0. The van der Waals surface area contributed by atoms with Crippen LogP contribution >= 0.6 is 0 Å². The Labute approximate surface area is 152 Å². The van der Waals surface area contributed by atoms with Crippen LogP contribution in [0.2, 0.25) is 0 Å². The summed E-state index contributed by atoms with van der Waals surface area (Å²) in [4.78, 5) is 26.5. The molecule has 8 nitrogen and oxygen atoms in total. The Kier molecular flexibility index (Phi) is 4.42. The summed E-state index contributed by atoms with van der Waals surface area (Å²) in [5, 5.41) is 11.9. The first-order chi connectivity index (χ1) is 12.7. The van der Waals surface area contributed by atoms with Gasteiger partial charge in [0, 0.05) is 38.4 Å². The summed E-state index contributed by atoms with van der Waals surface area (Å²) >= 11 is 0. The molecule has 1 saturated heterocycles. The molecule has 1 aromatic carbocycles. The molecule has 0 unspecified atom stereocenters. The van der Waals surface area contributed by atoms with E-state index in [2.05, 4.69) is 27.9 Å². The van der Waals surface area contributed by atoms with Crippen molar-refractivity contribution in [2.75, 3.05) is 49.1 Å². The zero-order valence-corrected chi connectivity index (χ0v) is 14.8. The average Bonchev–Trinajstić information content (AvgIpc) is 3.11. The Hall–Kier alpha value is -2.74. The Morgan fingerprint density at radius 3 is 2.54 bits per heavy atom. The summed E-state index contributed by atoms with van der Waals surface area (Å²) in [5.74, 6) is 0.822. The average molecular weight is 354 g/mol. The van der Waals surface area contributed by atoms with E-state index in [9.17, 15) is 10.1 Å². The molecule has 3 heterocycles. The molecule has 0 saturated carbocycles. The largest absolute Gasteiger partial charge is 0.353 e. The summed E-state index contributed by atoms with van der Waals surface area (Å²) < 4.78 is 0. The molecule has 26 heavy (non-hydrogen) atoms. The Balaban J connectivity index is 1.72. The van der Waals surface area contributed by atoms with Gasteiger partial charge in [0.2, 0.25) is 11.6 Å². The van der Waals surface area contributed by atoms with E-state index in [0.29, 0.717) is 18.2 Å². The van der Waals surface area contributed by atoms with Crippen molar-refractivity contribution in [3.63, 3.8) is 0 Å². The topological polar surface area (TPSA) is 78.6 Å². The van der Waals surface area contributed by atoms with Crippen molar-refractivity contribution in [3.8, 4) is 0 Å². The highest BCUT2D eigenvalue weighted by molar-refractivity contribution is 5.78. The second-order valence-corrected chi connectivity index (χ2v) is 6.58. The van der Waals surface area contributed by atoms with Gasteiger partial charge in [-0.3, -0.25) is 10.1 Å². The predicted octanol–water partition coefficient (Wildman–Crippen LogP) is 2.22. The lowest BCUT2D eigenvalue weighted by atomic mass is 10.2. The van der Waals surface area contributed by atoms with Gasteiger partial charge in [0.25, 0.3) is 0 Å². The third kappa shape index (κ3) is 2.86. The second kappa shape index (κ2) is 6.87. The van der Waals surface area contributed by atoms with Gasteiger partial charge in [-0.25, -0.2) is 9.97 Å². The minimum atomic E-state index is -0.336. The van der Waals surface area contributed by atoms with Crippen molar-refractivity contribution in [1.29, 1.82) is 0 Å². The maximum atomic E-state index is 11.9. The Morgan fingerprint density at radius 2 is 1.81 bits per heavy atom. The molecular formula is C18H22N6O2. The fourth-order valence-corrected chi connectivity index (χ4v) is 3.79. The van der Waals surface area contributed by atoms with Crippen LogP contribution in [0.3, 0.4) is 0 Å². The van der Waals surface area contributed by atoms with Crippen molar-refractivity contribution in [2.24, 2.45) is 0 Å². The maximum absolute atomic E-state index is 11.9. The standard InChI is InChI=1S/C18H22N6O2/c1-2-21-9-11-22(12-10-21)17-16(24(25)26)18(20-13-19-17)23-8-7-14-5-3-4-6-15(14)23/h3-6,13H,2,7-12H2,1H3. The van der Waals surface area contributed by atoms with E-state index in [1.165, 1.54) is 11.9 Å². The van der Waals surface area contributed by atoms with Gasteiger partial charge in [0.1, 0.15) is 6.33 Å². The van der Waals surface area contributed by atoms with E-state index in [1.54, 1.807) is 0 Å². The van der Waals surface area contributed by atoms with Crippen molar-refractivity contribution >= 4 is 23.0 Å². The van der Waals surface area contributed by atoms with E-state index >= 15 is 0 Å². The normalized spacial score (nSPS) is 17.4. The first-order valence-corrected chi connectivity index (χ1v) is 9.01. The van der Waals surface area contributed by atoms with E-state index in [0.717, 1.165) is 44.8 Å². The van der Waals surface area contributed by atoms with Gasteiger partial charge in [-0.15, -0.1) is 0 Å². The van der Waals surface area contributed by atoms with E-state index in [1.807, 2.05) is 28.0 Å². The molecular weight excluding hydrogens is 332 g/mol. The smallest absolute Gasteiger partial charge is 0.348 e. The quantitative estimate of drug-likeness (QED) is 0.615. The number of piperazine rings is 1. The zero-order valence-electron chi connectivity index (χ0n) is 14.8. The number of nitro groups is 1. The van der Waals surface area contributed by atoms with Gasteiger partial charge in [-0.05, 0) is 24.6 Å².